The minimum atomic E-state index is -4.57. The highest BCUT2D eigenvalue weighted by atomic mass is 35.5. The van der Waals surface area contributed by atoms with E-state index in [9.17, 15) is 26.4 Å². The maximum atomic E-state index is 12.9. The molecule has 1 N–H and O–H groups in total. The SMILES string of the molecule is O=C(Nc1cc(C(F)(F)F)ccc1Cl)C1CCN(S(=O)(=O)Cc2ccc(Cl)cc2Cl)CC1. The van der Waals surface area contributed by atoms with Crippen LogP contribution < -0.4 is 5.32 Å². The standard InChI is InChI=1S/C20H18Cl3F3N2O3S/c21-15-3-1-13(17(23)10-15)11-32(30,31)28-7-5-12(6-8-28)19(29)27-18-9-14(20(24,25)26)2-4-16(18)22/h1-4,9-10,12H,5-8,11H2,(H,27,29). The van der Waals surface area contributed by atoms with Crippen LogP contribution in [0, 0.1) is 5.92 Å². The largest absolute Gasteiger partial charge is 0.416 e. The number of benzene rings is 2. The van der Waals surface area contributed by atoms with Crippen LogP contribution >= 0.6 is 34.8 Å². The molecule has 2 aromatic rings. The molecule has 0 unspecified atom stereocenters. The van der Waals surface area contributed by atoms with Crippen LogP contribution in [0.25, 0.3) is 0 Å². The smallest absolute Gasteiger partial charge is 0.325 e. The fourth-order valence-corrected chi connectivity index (χ4v) is 5.67. The summed E-state index contributed by atoms with van der Waals surface area (Å²) in [4.78, 5) is 12.6. The monoisotopic (exact) mass is 528 g/mol. The van der Waals surface area contributed by atoms with Gasteiger partial charge in [-0.05, 0) is 48.7 Å². The number of nitrogens with zero attached hydrogens (tertiary/aromatic N) is 1. The van der Waals surface area contributed by atoms with E-state index in [0.717, 1.165) is 18.2 Å². The molecule has 0 aliphatic carbocycles. The summed E-state index contributed by atoms with van der Waals surface area (Å²) >= 11 is 17.8. The number of carbonyl (C=O) groups excluding carboxylic acids is 1. The topological polar surface area (TPSA) is 66.5 Å². The molecule has 32 heavy (non-hydrogen) atoms. The molecular formula is C20H18Cl3F3N2O3S. The first-order valence-electron chi connectivity index (χ1n) is 9.46. The van der Waals surface area contributed by atoms with E-state index in [1.165, 1.54) is 10.4 Å². The van der Waals surface area contributed by atoms with Crippen LogP contribution in [0.4, 0.5) is 18.9 Å². The van der Waals surface area contributed by atoms with Gasteiger partial charge >= 0.3 is 6.18 Å². The maximum absolute atomic E-state index is 12.9. The second kappa shape index (κ2) is 9.77. The van der Waals surface area contributed by atoms with Gasteiger partial charge in [0.1, 0.15) is 0 Å². The highest BCUT2D eigenvalue weighted by Gasteiger charge is 2.33. The van der Waals surface area contributed by atoms with Crippen LogP contribution in [0.15, 0.2) is 36.4 Å². The number of piperidine rings is 1. The second-order valence-corrected chi connectivity index (χ2v) is 10.6. The van der Waals surface area contributed by atoms with Gasteiger partial charge in [0.15, 0.2) is 0 Å². The zero-order valence-corrected chi connectivity index (χ0v) is 19.5. The van der Waals surface area contributed by atoms with Crippen LogP contribution in [0.3, 0.4) is 0 Å². The first-order valence-corrected chi connectivity index (χ1v) is 12.2. The number of halogens is 6. The lowest BCUT2D eigenvalue weighted by molar-refractivity contribution is -0.137. The van der Waals surface area contributed by atoms with Crippen molar-refractivity contribution in [1.29, 1.82) is 0 Å². The summed E-state index contributed by atoms with van der Waals surface area (Å²) in [5.41, 5.74) is -0.659. The van der Waals surface area contributed by atoms with Gasteiger partial charge in [-0.1, -0.05) is 40.9 Å². The van der Waals surface area contributed by atoms with E-state index in [2.05, 4.69) is 5.32 Å². The van der Waals surface area contributed by atoms with Gasteiger partial charge in [0, 0.05) is 29.1 Å². The first kappa shape index (κ1) is 25.1. The summed E-state index contributed by atoms with van der Waals surface area (Å²) in [6, 6.07) is 7.22. The molecule has 12 heteroatoms. The predicted octanol–water partition coefficient (Wildman–Crippen LogP) is 5.85. The Kier molecular flexibility index (Phi) is 7.66. The van der Waals surface area contributed by atoms with Crippen molar-refractivity contribution in [2.24, 2.45) is 5.92 Å². The Morgan fingerprint density at radius 1 is 1.03 bits per heavy atom. The molecule has 1 fully saturated rings. The Labute approximate surface area is 198 Å². The number of alkyl halides is 3. The summed E-state index contributed by atoms with van der Waals surface area (Å²) in [5, 5.41) is 3.04. The molecule has 1 amide bonds. The summed E-state index contributed by atoms with van der Waals surface area (Å²) in [7, 11) is -3.68. The van der Waals surface area contributed by atoms with Crippen LogP contribution in [-0.2, 0) is 26.7 Å². The van der Waals surface area contributed by atoms with E-state index in [-0.39, 0.29) is 47.4 Å². The third-order valence-corrected chi connectivity index (χ3v) is 7.87. The molecule has 5 nitrogen and oxygen atoms in total. The van der Waals surface area contributed by atoms with Gasteiger partial charge in [-0.15, -0.1) is 0 Å². The van der Waals surface area contributed by atoms with Crippen molar-refractivity contribution < 1.29 is 26.4 Å². The van der Waals surface area contributed by atoms with Gasteiger partial charge in [0.05, 0.1) is 22.0 Å². The van der Waals surface area contributed by atoms with Crippen molar-refractivity contribution in [2.45, 2.75) is 24.8 Å². The lowest BCUT2D eigenvalue weighted by Gasteiger charge is -2.30. The zero-order valence-electron chi connectivity index (χ0n) is 16.4. The third kappa shape index (κ3) is 6.08. The van der Waals surface area contributed by atoms with Gasteiger partial charge < -0.3 is 5.32 Å². The summed E-state index contributed by atoms with van der Waals surface area (Å²) in [6.45, 7) is 0.198. The maximum Gasteiger partial charge on any atom is 0.416 e. The predicted molar refractivity (Wildman–Crippen MR) is 118 cm³/mol. The highest BCUT2D eigenvalue weighted by molar-refractivity contribution is 7.88. The Bertz CT molecular complexity index is 1120. The fourth-order valence-electron chi connectivity index (χ4n) is 3.35. The van der Waals surface area contributed by atoms with E-state index >= 15 is 0 Å². The van der Waals surface area contributed by atoms with Gasteiger partial charge in [-0.25, -0.2) is 12.7 Å². The minimum Gasteiger partial charge on any atom is -0.325 e. The number of rotatable bonds is 5. The molecule has 2 aromatic carbocycles. The highest BCUT2D eigenvalue weighted by Crippen LogP contribution is 2.34. The number of hydrogen-bond acceptors (Lipinski definition) is 3. The summed E-state index contributed by atoms with van der Waals surface area (Å²) in [6.07, 6.45) is -4.14. The van der Waals surface area contributed by atoms with E-state index in [1.54, 1.807) is 12.1 Å². The zero-order chi connectivity index (χ0) is 23.7. The molecule has 1 aliphatic rings. The van der Waals surface area contributed by atoms with Crippen LogP contribution in [0.1, 0.15) is 24.0 Å². The molecule has 0 atom stereocenters. The van der Waals surface area contributed by atoms with Gasteiger partial charge in [-0.2, -0.15) is 13.2 Å². The van der Waals surface area contributed by atoms with Crippen molar-refractivity contribution in [3.05, 3.63) is 62.6 Å². The van der Waals surface area contributed by atoms with Crippen molar-refractivity contribution in [3.8, 4) is 0 Å². The van der Waals surface area contributed by atoms with E-state index in [4.69, 9.17) is 34.8 Å². The van der Waals surface area contributed by atoms with E-state index in [0.29, 0.717) is 10.6 Å². The number of anilines is 1. The van der Waals surface area contributed by atoms with E-state index in [1.807, 2.05) is 0 Å². The van der Waals surface area contributed by atoms with E-state index < -0.39 is 33.6 Å². The molecule has 0 radical (unpaired) electrons. The van der Waals surface area contributed by atoms with Crippen molar-refractivity contribution in [1.82, 2.24) is 4.31 Å². The normalized spacial score (nSPS) is 16.2. The molecule has 0 aromatic heterocycles. The van der Waals surface area contributed by atoms with Crippen molar-refractivity contribution >= 4 is 56.4 Å². The van der Waals surface area contributed by atoms with Crippen molar-refractivity contribution in [3.63, 3.8) is 0 Å². The first-order chi connectivity index (χ1) is 14.9. The fraction of sp³-hybridized carbons (Fsp3) is 0.350. The summed E-state index contributed by atoms with van der Waals surface area (Å²) < 4.78 is 65.5. The Morgan fingerprint density at radius 2 is 1.69 bits per heavy atom. The molecule has 174 valence electrons. The molecular weight excluding hydrogens is 512 g/mol. The van der Waals surface area contributed by atoms with Crippen molar-refractivity contribution in [2.75, 3.05) is 18.4 Å². The van der Waals surface area contributed by atoms with Gasteiger partial charge in [0.2, 0.25) is 15.9 Å². The Hall–Kier alpha value is -1.52. The van der Waals surface area contributed by atoms with Gasteiger partial charge in [0.25, 0.3) is 0 Å². The average molecular weight is 530 g/mol. The second-order valence-electron chi connectivity index (χ2n) is 7.35. The third-order valence-electron chi connectivity index (χ3n) is 5.12. The number of nitrogens with one attached hydrogen (secondary N) is 1. The Morgan fingerprint density at radius 3 is 2.28 bits per heavy atom. The molecule has 1 saturated heterocycles. The molecule has 0 spiro atoms. The molecule has 3 rings (SSSR count). The van der Waals surface area contributed by atoms with Crippen LogP contribution in [-0.4, -0.2) is 31.7 Å². The molecule has 0 bridgehead atoms. The number of amides is 1. The lowest BCUT2D eigenvalue weighted by atomic mass is 9.97. The molecule has 1 aliphatic heterocycles. The Balaban J connectivity index is 1.62. The quantitative estimate of drug-likeness (QED) is 0.529. The van der Waals surface area contributed by atoms with Gasteiger partial charge in [-0.3, -0.25) is 4.79 Å². The van der Waals surface area contributed by atoms with Crippen LogP contribution in [0.2, 0.25) is 15.1 Å². The lowest BCUT2D eigenvalue weighted by Crippen LogP contribution is -2.42. The minimum absolute atomic E-state index is 0.0220. The number of hydrogen-bond donors (Lipinski definition) is 1. The van der Waals surface area contributed by atoms with Crippen LogP contribution in [0.5, 0.6) is 0 Å². The number of carbonyl (C=O) groups is 1. The average Bonchev–Trinajstić information content (AvgIpc) is 2.71. The molecule has 1 heterocycles. The number of sulfonamides is 1. The molecule has 0 saturated carbocycles. The summed E-state index contributed by atoms with van der Waals surface area (Å²) in [5.74, 6) is -1.38.